The molecule has 1 aromatic rings. The Morgan fingerprint density at radius 3 is 2.69 bits per heavy atom. The Bertz CT molecular complexity index is 410. The average molecular weight is 294 g/mol. The standard InChI is InChI=1S/C10H10BrF2NO2/c1-5-2-6(4-11)14-9(10(12)13)7(5)3-8(15)16/h2,10H,3-4H2,1H3,(H,15,16). The molecule has 0 aliphatic carbocycles. The molecule has 0 unspecified atom stereocenters. The van der Waals surface area contributed by atoms with Crippen molar-refractivity contribution in [1.29, 1.82) is 0 Å². The van der Waals surface area contributed by atoms with Crippen LogP contribution < -0.4 is 0 Å². The Balaban J connectivity index is 3.27. The fourth-order valence-electron chi connectivity index (χ4n) is 1.42. The van der Waals surface area contributed by atoms with Crippen molar-refractivity contribution in [3.8, 4) is 0 Å². The number of hydrogen-bond acceptors (Lipinski definition) is 2. The smallest absolute Gasteiger partial charge is 0.307 e. The van der Waals surface area contributed by atoms with Crippen molar-refractivity contribution in [1.82, 2.24) is 4.98 Å². The number of carbonyl (C=O) groups is 1. The van der Waals surface area contributed by atoms with E-state index >= 15 is 0 Å². The third kappa shape index (κ3) is 2.98. The highest BCUT2D eigenvalue weighted by atomic mass is 79.9. The van der Waals surface area contributed by atoms with Gasteiger partial charge in [-0.15, -0.1) is 0 Å². The van der Waals surface area contributed by atoms with Gasteiger partial charge in [-0.05, 0) is 24.1 Å². The topological polar surface area (TPSA) is 50.2 Å². The maximum Gasteiger partial charge on any atom is 0.307 e. The summed E-state index contributed by atoms with van der Waals surface area (Å²) in [5.41, 5.74) is 0.674. The zero-order chi connectivity index (χ0) is 12.3. The molecule has 0 fully saturated rings. The molecule has 0 amide bonds. The van der Waals surface area contributed by atoms with Crippen LogP contribution in [0.3, 0.4) is 0 Å². The minimum Gasteiger partial charge on any atom is -0.481 e. The van der Waals surface area contributed by atoms with Crippen LogP contribution in [0.5, 0.6) is 0 Å². The first-order chi connectivity index (χ1) is 7.45. The first kappa shape index (κ1) is 13.0. The number of carboxylic acid groups (broad SMARTS) is 1. The van der Waals surface area contributed by atoms with Crippen molar-refractivity contribution in [2.24, 2.45) is 0 Å². The monoisotopic (exact) mass is 293 g/mol. The molecule has 0 aromatic carbocycles. The number of aliphatic carboxylic acids is 1. The summed E-state index contributed by atoms with van der Waals surface area (Å²) in [6, 6.07) is 1.61. The summed E-state index contributed by atoms with van der Waals surface area (Å²) >= 11 is 3.13. The largest absolute Gasteiger partial charge is 0.481 e. The van der Waals surface area contributed by atoms with E-state index in [1.807, 2.05) is 0 Å². The minimum atomic E-state index is -2.76. The van der Waals surface area contributed by atoms with E-state index in [0.29, 0.717) is 16.6 Å². The molecule has 0 atom stereocenters. The molecule has 0 radical (unpaired) electrons. The number of pyridine rings is 1. The SMILES string of the molecule is Cc1cc(CBr)nc(C(F)F)c1CC(=O)O. The van der Waals surface area contributed by atoms with Crippen molar-refractivity contribution >= 4 is 21.9 Å². The number of carboxylic acids is 1. The van der Waals surface area contributed by atoms with Crippen molar-refractivity contribution in [2.75, 3.05) is 0 Å². The van der Waals surface area contributed by atoms with Crippen LogP contribution in [0.15, 0.2) is 6.07 Å². The Morgan fingerprint density at radius 2 is 2.25 bits per heavy atom. The number of aryl methyl sites for hydroxylation is 1. The lowest BCUT2D eigenvalue weighted by molar-refractivity contribution is -0.136. The van der Waals surface area contributed by atoms with Gasteiger partial charge in [0.25, 0.3) is 6.43 Å². The van der Waals surface area contributed by atoms with E-state index < -0.39 is 24.5 Å². The summed E-state index contributed by atoms with van der Waals surface area (Å²) in [6.07, 6.45) is -3.19. The van der Waals surface area contributed by atoms with Gasteiger partial charge in [0.15, 0.2) is 0 Å². The van der Waals surface area contributed by atoms with Gasteiger partial charge in [-0.1, -0.05) is 15.9 Å². The highest BCUT2D eigenvalue weighted by molar-refractivity contribution is 9.08. The summed E-state index contributed by atoms with van der Waals surface area (Å²) < 4.78 is 25.4. The second kappa shape index (κ2) is 5.34. The molecule has 16 heavy (non-hydrogen) atoms. The minimum absolute atomic E-state index is 0.104. The maximum absolute atomic E-state index is 12.7. The van der Waals surface area contributed by atoms with E-state index in [2.05, 4.69) is 20.9 Å². The lowest BCUT2D eigenvalue weighted by Crippen LogP contribution is -2.09. The normalized spacial score (nSPS) is 10.8. The van der Waals surface area contributed by atoms with Gasteiger partial charge in [0.05, 0.1) is 12.1 Å². The van der Waals surface area contributed by atoms with Gasteiger partial charge >= 0.3 is 5.97 Å². The van der Waals surface area contributed by atoms with E-state index in [-0.39, 0.29) is 5.56 Å². The molecule has 0 saturated carbocycles. The number of rotatable bonds is 4. The molecule has 0 bridgehead atoms. The molecular formula is C10H10BrF2NO2. The molecular weight excluding hydrogens is 284 g/mol. The van der Waals surface area contributed by atoms with Crippen LogP contribution in [0.1, 0.15) is 28.9 Å². The van der Waals surface area contributed by atoms with Crippen LogP contribution >= 0.6 is 15.9 Å². The zero-order valence-electron chi connectivity index (χ0n) is 8.51. The van der Waals surface area contributed by atoms with Gasteiger partial charge in [0.1, 0.15) is 5.69 Å². The van der Waals surface area contributed by atoms with E-state index in [9.17, 15) is 13.6 Å². The second-order valence-electron chi connectivity index (χ2n) is 3.30. The highest BCUT2D eigenvalue weighted by Crippen LogP contribution is 2.25. The van der Waals surface area contributed by atoms with Crippen molar-refractivity contribution in [3.05, 3.63) is 28.6 Å². The van der Waals surface area contributed by atoms with Gasteiger partial charge in [-0.3, -0.25) is 9.78 Å². The molecule has 6 heteroatoms. The molecule has 0 aliphatic rings. The molecule has 0 spiro atoms. The van der Waals surface area contributed by atoms with Crippen molar-refractivity contribution in [3.63, 3.8) is 0 Å². The van der Waals surface area contributed by atoms with Crippen LogP contribution in [0.4, 0.5) is 8.78 Å². The predicted molar refractivity (Wildman–Crippen MR) is 57.9 cm³/mol. The quantitative estimate of drug-likeness (QED) is 0.869. The van der Waals surface area contributed by atoms with Gasteiger partial charge in [0, 0.05) is 5.33 Å². The molecule has 88 valence electrons. The summed E-state index contributed by atoms with van der Waals surface area (Å²) in [6.45, 7) is 1.61. The fourth-order valence-corrected chi connectivity index (χ4v) is 1.71. The third-order valence-corrected chi connectivity index (χ3v) is 2.68. The number of aromatic nitrogens is 1. The van der Waals surface area contributed by atoms with Gasteiger partial charge in [-0.25, -0.2) is 8.78 Å². The molecule has 1 rings (SSSR count). The molecule has 0 saturated heterocycles. The Hall–Kier alpha value is -1.04. The van der Waals surface area contributed by atoms with Crippen LogP contribution in [0.25, 0.3) is 0 Å². The molecule has 1 heterocycles. The molecule has 1 aromatic heterocycles. The van der Waals surface area contributed by atoms with Crippen LogP contribution in [-0.4, -0.2) is 16.1 Å². The van der Waals surface area contributed by atoms with E-state index in [1.165, 1.54) is 0 Å². The summed E-state index contributed by atoms with van der Waals surface area (Å²) in [5, 5.41) is 9.00. The van der Waals surface area contributed by atoms with E-state index in [4.69, 9.17) is 5.11 Å². The first-order valence-corrected chi connectivity index (χ1v) is 5.63. The molecule has 0 aliphatic heterocycles. The lowest BCUT2D eigenvalue weighted by atomic mass is 10.0. The van der Waals surface area contributed by atoms with Crippen molar-refractivity contribution in [2.45, 2.75) is 25.1 Å². The first-order valence-electron chi connectivity index (χ1n) is 4.51. The van der Waals surface area contributed by atoms with Gasteiger partial charge in [0.2, 0.25) is 0 Å². The van der Waals surface area contributed by atoms with E-state index in [1.54, 1.807) is 13.0 Å². The molecule has 1 N–H and O–H groups in total. The highest BCUT2D eigenvalue weighted by Gasteiger charge is 2.19. The number of alkyl halides is 3. The van der Waals surface area contributed by atoms with Gasteiger partial charge < -0.3 is 5.11 Å². The molecule has 3 nitrogen and oxygen atoms in total. The Labute approximate surface area is 99.6 Å². The number of halogens is 3. The van der Waals surface area contributed by atoms with E-state index in [0.717, 1.165) is 0 Å². The maximum atomic E-state index is 12.7. The summed E-state index contributed by atoms with van der Waals surface area (Å²) in [4.78, 5) is 14.3. The Morgan fingerprint density at radius 1 is 1.62 bits per heavy atom. The lowest BCUT2D eigenvalue weighted by Gasteiger charge is -2.11. The summed E-state index contributed by atoms with van der Waals surface area (Å²) in [7, 11) is 0. The van der Waals surface area contributed by atoms with Gasteiger partial charge in [-0.2, -0.15) is 0 Å². The van der Waals surface area contributed by atoms with Crippen LogP contribution in [0.2, 0.25) is 0 Å². The third-order valence-electron chi connectivity index (χ3n) is 2.10. The second-order valence-corrected chi connectivity index (χ2v) is 3.86. The van der Waals surface area contributed by atoms with Crippen molar-refractivity contribution < 1.29 is 18.7 Å². The Kier molecular flexibility index (Phi) is 4.35. The predicted octanol–water partition coefficient (Wildman–Crippen LogP) is 2.85. The van der Waals surface area contributed by atoms with Crippen LogP contribution in [0, 0.1) is 6.92 Å². The fraction of sp³-hybridized carbons (Fsp3) is 0.400. The number of hydrogen-bond donors (Lipinski definition) is 1. The average Bonchev–Trinajstić information content (AvgIpc) is 2.19. The zero-order valence-corrected chi connectivity index (χ0v) is 10.1. The number of nitrogens with zero attached hydrogens (tertiary/aromatic N) is 1. The van der Waals surface area contributed by atoms with Crippen LogP contribution in [-0.2, 0) is 16.5 Å². The summed E-state index contributed by atoms with van der Waals surface area (Å²) in [5.74, 6) is -1.14.